The summed E-state index contributed by atoms with van der Waals surface area (Å²) < 4.78 is 26.0. The van der Waals surface area contributed by atoms with Crippen LogP contribution in [0.4, 0.5) is 0 Å². The van der Waals surface area contributed by atoms with Crippen molar-refractivity contribution in [3.8, 4) is 0 Å². The van der Waals surface area contributed by atoms with Crippen molar-refractivity contribution in [2.75, 3.05) is 7.05 Å². The van der Waals surface area contributed by atoms with E-state index in [0.29, 0.717) is 11.1 Å². The number of amides is 2. The number of hydrogen-bond donors (Lipinski definition) is 3. The molecule has 2 aromatic rings. The van der Waals surface area contributed by atoms with Crippen LogP contribution in [-0.2, 0) is 26.8 Å². The maximum absolute atomic E-state index is 12.4. The van der Waals surface area contributed by atoms with Gasteiger partial charge in [-0.25, -0.2) is 13.1 Å². The molecule has 2 aromatic carbocycles. The molecule has 2 amide bonds. The van der Waals surface area contributed by atoms with Crippen molar-refractivity contribution in [3.63, 3.8) is 0 Å². The van der Waals surface area contributed by atoms with E-state index in [2.05, 4.69) is 36.1 Å². The van der Waals surface area contributed by atoms with Crippen LogP contribution in [0.5, 0.6) is 0 Å². The lowest BCUT2D eigenvalue weighted by molar-refractivity contribution is -0.122. The molecule has 1 unspecified atom stereocenters. The Morgan fingerprint density at radius 1 is 1.03 bits per heavy atom. The highest BCUT2D eigenvalue weighted by molar-refractivity contribution is 7.89. The second-order valence-electron chi connectivity index (χ2n) is 8.10. The first-order valence-electron chi connectivity index (χ1n) is 9.65. The smallest absolute Gasteiger partial charge is 0.251 e. The van der Waals surface area contributed by atoms with Gasteiger partial charge >= 0.3 is 0 Å². The van der Waals surface area contributed by atoms with Crippen molar-refractivity contribution in [1.82, 2.24) is 15.4 Å². The van der Waals surface area contributed by atoms with Crippen molar-refractivity contribution in [2.45, 2.75) is 50.6 Å². The Bertz CT molecular complexity index is 1010. The van der Waals surface area contributed by atoms with E-state index >= 15 is 0 Å². The number of hydrogen-bond acceptors (Lipinski definition) is 4. The second-order valence-corrected chi connectivity index (χ2v) is 9.98. The van der Waals surface area contributed by atoms with Crippen molar-refractivity contribution in [2.24, 2.45) is 0 Å². The summed E-state index contributed by atoms with van der Waals surface area (Å²) in [6.45, 7) is 8.03. The third-order valence-electron chi connectivity index (χ3n) is 4.70. The monoisotopic (exact) mass is 431 g/mol. The Morgan fingerprint density at radius 2 is 1.67 bits per heavy atom. The molecule has 0 saturated heterocycles. The fourth-order valence-corrected chi connectivity index (χ4v) is 3.55. The molecular weight excluding hydrogens is 402 g/mol. The summed E-state index contributed by atoms with van der Waals surface area (Å²) in [6.07, 6.45) is 0. The van der Waals surface area contributed by atoms with E-state index in [-0.39, 0.29) is 28.7 Å². The normalized spacial score (nSPS) is 12.8. The molecule has 0 aromatic heterocycles. The summed E-state index contributed by atoms with van der Waals surface area (Å²) >= 11 is 0. The highest BCUT2D eigenvalue weighted by Gasteiger charge is 2.18. The predicted molar refractivity (Wildman–Crippen MR) is 117 cm³/mol. The molecule has 1 atom stereocenters. The van der Waals surface area contributed by atoms with E-state index in [4.69, 9.17) is 0 Å². The van der Waals surface area contributed by atoms with Crippen LogP contribution in [0.1, 0.15) is 49.2 Å². The summed E-state index contributed by atoms with van der Waals surface area (Å²) in [7, 11) is -2.22. The predicted octanol–water partition coefficient (Wildman–Crippen LogP) is 2.33. The summed E-state index contributed by atoms with van der Waals surface area (Å²) in [5.41, 5.74) is 2.22. The van der Waals surface area contributed by atoms with Crippen LogP contribution in [0, 0.1) is 0 Å². The van der Waals surface area contributed by atoms with Crippen molar-refractivity contribution >= 4 is 21.8 Å². The molecule has 0 saturated carbocycles. The Hall–Kier alpha value is -2.71. The molecule has 0 heterocycles. The Kier molecular flexibility index (Phi) is 7.39. The third-order valence-corrected chi connectivity index (χ3v) is 6.11. The first-order valence-corrected chi connectivity index (χ1v) is 11.1. The molecule has 7 nitrogen and oxygen atoms in total. The van der Waals surface area contributed by atoms with Crippen LogP contribution in [0.2, 0.25) is 0 Å². The molecule has 0 radical (unpaired) electrons. The van der Waals surface area contributed by atoms with Gasteiger partial charge in [-0.1, -0.05) is 45.0 Å². The number of nitrogens with one attached hydrogen (secondary N) is 3. The lowest BCUT2D eigenvalue weighted by atomic mass is 9.86. The van der Waals surface area contributed by atoms with E-state index in [1.54, 1.807) is 31.2 Å². The molecule has 0 bridgehead atoms. The number of benzene rings is 2. The summed E-state index contributed by atoms with van der Waals surface area (Å²) in [6, 6.07) is 12.9. The van der Waals surface area contributed by atoms with Crippen LogP contribution in [-0.4, -0.2) is 33.3 Å². The molecule has 162 valence electrons. The van der Waals surface area contributed by atoms with Crippen LogP contribution >= 0.6 is 0 Å². The van der Waals surface area contributed by atoms with Gasteiger partial charge in [0, 0.05) is 12.1 Å². The largest absolute Gasteiger partial charge is 0.350 e. The standard InChI is InChI=1S/C22H29N3O4S/c1-15(25-21(27)17-9-11-18(12-10-17)22(2,3)4)20(26)24-14-16-7-6-8-19(13-16)30(28,29)23-5/h6-13,15,23H,14H2,1-5H3,(H,24,26)(H,25,27). The lowest BCUT2D eigenvalue weighted by Crippen LogP contribution is -2.44. The average molecular weight is 432 g/mol. The third kappa shape index (κ3) is 6.14. The molecule has 0 aliphatic carbocycles. The van der Waals surface area contributed by atoms with Crippen LogP contribution < -0.4 is 15.4 Å². The maximum atomic E-state index is 12.4. The van der Waals surface area contributed by atoms with Crippen LogP contribution in [0.3, 0.4) is 0 Å². The first-order chi connectivity index (χ1) is 13.9. The molecule has 0 fully saturated rings. The zero-order valence-corrected chi connectivity index (χ0v) is 18.8. The van der Waals surface area contributed by atoms with E-state index in [0.717, 1.165) is 5.56 Å². The summed E-state index contributed by atoms with van der Waals surface area (Å²) in [4.78, 5) is 24.9. The van der Waals surface area contributed by atoms with E-state index in [1.807, 2.05) is 12.1 Å². The van der Waals surface area contributed by atoms with Crippen LogP contribution in [0.25, 0.3) is 0 Å². The lowest BCUT2D eigenvalue weighted by Gasteiger charge is -2.19. The number of rotatable bonds is 7. The maximum Gasteiger partial charge on any atom is 0.251 e. The van der Waals surface area contributed by atoms with E-state index in [9.17, 15) is 18.0 Å². The van der Waals surface area contributed by atoms with E-state index in [1.165, 1.54) is 19.2 Å². The van der Waals surface area contributed by atoms with Gasteiger partial charge < -0.3 is 10.6 Å². The highest BCUT2D eigenvalue weighted by atomic mass is 32.2. The van der Waals surface area contributed by atoms with Crippen molar-refractivity contribution < 1.29 is 18.0 Å². The quantitative estimate of drug-likeness (QED) is 0.626. The molecule has 8 heteroatoms. The highest BCUT2D eigenvalue weighted by Crippen LogP contribution is 2.22. The minimum atomic E-state index is -3.55. The fourth-order valence-electron chi connectivity index (χ4n) is 2.75. The van der Waals surface area contributed by atoms with E-state index < -0.39 is 16.1 Å². The van der Waals surface area contributed by atoms with Crippen LogP contribution in [0.15, 0.2) is 53.4 Å². The SMILES string of the molecule is CNS(=O)(=O)c1cccc(CNC(=O)C(C)NC(=O)c2ccc(C(C)(C)C)cc2)c1. The van der Waals surface area contributed by atoms with Gasteiger partial charge in [-0.05, 0) is 54.8 Å². The molecule has 0 spiro atoms. The minimum Gasteiger partial charge on any atom is -0.350 e. The van der Waals surface area contributed by atoms with Gasteiger partial charge in [0.2, 0.25) is 15.9 Å². The number of carbonyl (C=O) groups is 2. The second kappa shape index (κ2) is 9.40. The van der Waals surface area contributed by atoms with Crippen molar-refractivity contribution in [3.05, 3.63) is 65.2 Å². The number of sulfonamides is 1. The molecule has 0 aliphatic rings. The fraction of sp³-hybridized carbons (Fsp3) is 0.364. The number of carbonyl (C=O) groups excluding carboxylic acids is 2. The average Bonchev–Trinajstić information content (AvgIpc) is 2.71. The molecule has 2 rings (SSSR count). The molecule has 30 heavy (non-hydrogen) atoms. The summed E-state index contributed by atoms with van der Waals surface area (Å²) in [5, 5.41) is 5.39. The molecular formula is C22H29N3O4S. The van der Waals surface area contributed by atoms with Gasteiger partial charge in [0.15, 0.2) is 0 Å². The summed E-state index contributed by atoms with van der Waals surface area (Å²) in [5.74, 6) is -0.697. The Morgan fingerprint density at radius 3 is 2.23 bits per heavy atom. The van der Waals surface area contributed by atoms with Crippen molar-refractivity contribution in [1.29, 1.82) is 0 Å². The Balaban J connectivity index is 1.95. The zero-order chi connectivity index (χ0) is 22.5. The zero-order valence-electron chi connectivity index (χ0n) is 17.9. The van der Waals surface area contributed by atoms with Gasteiger partial charge in [-0.15, -0.1) is 0 Å². The first kappa shape index (κ1) is 23.6. The van der Waals surface area contributed by atoms with Gasteiger partial charge in [-0.3, -0.25) is 9.59 Å². The van der Waals surface area contributed by atoms with Gasteiger partial charge in [0.05, 0.1) is 4.90 Å². The molecule has 0 aliphatic heterocycles. The molecule has 3 N–H and O–H groups in total. The topological polar surface area (TPSA) is 104 Å². The van der Waals surface area contributed by atoms with Gasteiger partial charge in [-0.2, -0.15) is 0 Å². The minimum absolute atomic E-state index is 0.00793. The Labute approximate surface area is 178 Å². The van der Waals surface area contributed by atoms with Gasteiger partial charge in [0.1, 0.15) is 6.04 Å². The van der Waals surface area contributed by atoms with Gasteiger partial charge in [0.25, 0.3) is 5.91 Å².